The Balaban J connectivity index is 2.11. The maximum atomic E-state index is 12.3. The first-order chi connectivity index (χ1) is 10.8. The molecule has 0 bridgehead atoms. The molecule has 0 aliphatic heterocycles. The van der Waals surface area contributed by atoms with E-state index in [0.29, 0.717) is 12.0 Å². The highest BCUT2D eigenvalue weighted by Crippen LogP contribution is 2.15. The minimum atomic E-state index is -3.56. The lowest BCUT2D eigenvalue weighted by Gasteiger charge is -2.14. The molecule has 0 saturated heterocycles. The molecule has 124 valence electrons. The minimum Gasteiger partial charge on any atom is -0.469 e. The van der Waals surface area contributed by atoms with Gasteiger partial charge in [-0.15, -0.1) is 0 Å². The van der Waals surface area contributed by atoms with Crippen molar-refractivity contribution in [2.45, 2.75) is 24.3 Å². The van der Waals surface area contributed by atoms with Gasteiger partial charge in [0.15, 0.2) is 0 Å². The molecule has 1 aromatic heterocycles. The second-order valence-electron chi connectivity index (χ2n) is 5.47. The molecule has 7 heteroatoms. The summed E-state index contributed by atoms with van der Waals surface area (Å²) in [6, 6.07) is 9.49. The second kappa shape index (κ2) is 6.97. The van der Waals surface area contributed by atoms with Gasteiger partial charge in [-0.3, -0.25) is 4.79 Å². The smallest absolute Gasteiger partial charge is 0.251 e. The number of sulfonamides is 1. The first-order valence-corrected chi connectivity index (χ1v) is 8.60. The summed E-state index contributed by atoms with van der Waals surface area (Å²) in [7, 11) is -0.660. The normalized spacial score (nSPS) is 13.0. The van der Waals surface area contributed by atoms with Crippen molar-refractivity contribution in [2.75, 3.05) is 14.1 Å². The summed E-state index contributed by atoms with van der Waals surface area (Å²) in [5, 5.41) is 2.83. The molecule has 0 saturated carbocycles. The zero-order valence-corrected chi connectivity index (χ0v) is 14.1. The summed E-state index contributed by atoms with van der Waals surface area (Å²) in [5.74, 6) is 0.460. The topological polar surface area (TPSA) is 79.6 Å². The van der Waals surface area contributed by atoms with Crippen molar-refractivity contribution in [3.63, 3.8) is 0 Å². The Morgan fingerprint density at radius 1 is 1.26 bits per heavy atom. The minimum absolute atomic E-state index is 0.0915. The van der Waals surface area contributed by atoms with Gasteiger partial charge in [0.1, 0.15) is 5.76 Å². The zero-order chi connectivity index (χ0) is 17.0. The van der Waals surface area contributed by atoms with Gasteiger partial charge in [-0.2, -0.15) is 0 Å². The molecule has 23 heavy (non-hydrogen) atoms. The van der Waals surface area contributed by atoms with Crippen LogP contribution < -0.4 is 5.32 Å². The Morgan fingerprint density at radius 2 is 2.00 bits per heavy atom. The molecule has 0 aliphatic carbocycles. The predicted octanol–water partition coefficient (Wildman–Crippen LogP) is 1.89. The van der Waals surface area contributed by atoms with Crippen LogP contribution in [0.25, 0.3) is 0 Å². The van der Waals surface area contributed by atoms with E-state index in [1.165, 1.54) is 26.2 Å². The summed E-state index contributed by atoms with van der Waals surface area (Å²) in [6.07, 6.45) is 2.15. The van der Waals surface area contributed by atoms with Gasteiger partial charge in [0.2, 0.25) is 10.0 Å². The molecule has 0 fully saturated rings. The standard InChI is InChI=1S/C16H20N2O4S/c1-12(10-14-7-5-9-22-14)17-16(19)13-6-4-8-15(11-13)23(20,21)18(2)3/h4-9,11-12H,10H2,1-3H3,(H,17,19)/t12-/m1/s1. The van der Waals surface area contributed by atoms with E-state index < -0.39 is 10.0 Å². The Hall–Kier alpha value is -2.12. The molecule has 0 unspecified atom stereocenters. The van der Waals surface area contributed by atoms with Crippen LogP contribution in [0.5, 0.6) is 0 Å². The highest BCUT2D eigenvalue weighted by molar-refractivity contribution is 7.89. The van der Waals surface area contributed by atoms with Crippen LogP contribution in [0.3, 0.4) is 0 Å². The number of hydrogen-bond donors (Lipinski definition) is 1. The van der Waals surface area contributed by atoms with Crippen LogP contribution in [0.1, 0.15) is 23.0 Å². The van der Waals surface area contributed by atoms with Gasteiger partial charge in [-0.05, 0) is 37.3 Å². The Morgan fingerprint density at radius 3 is 2.61 bits per heavy atom. The lowest BCUT2D eigenvalue weighted by Crippen LogP contribution is -2.34. The molecular formula is C16H20N2O4S. The van der Waals surface area contributed by atoms with Crippen LogP contribution in [0, 0.1) is 0 Å². The van der Waals surface area contributed by atoms with Crippen molar-refractivity contribution in [1.82, 2.24) is 9.62 Å². The van der Waals surface area contributed by atoms with Gasteiger partial charge in [0, 0.05) is 32.1 Å². The molecule has 0 aliphatic rings. The van der Waals surface area contributed by atoms with E-state index in [1.54, 1.807) is 24.5 Å². The summed E-state index contributed by atoms with van der Waals surface area (Å²) >= 11 is 0. The number of carbonyl (C=O) groups excluding carboxylic acids is 1. The summed E-state index contributed by atoms with van der Waals surface area (Å²) in [6.45, 7) is 1.86. The first-order valence-electron chi connectivity index (χ1n) is 7.16. The molecule has 1 amide bonds. The average molecular weight is 336 g/mol. The number of nitrogens with zero attached hydrogens (tertiary/aromatic N) is 1. The van der Waals surface area contributed by atoms with Gasteiger partial charge in [-0.25, -0.2) is 12.7 Å². The second-order valence-corrected chi connectivity index (χ2v) is 7.63. The van der Waals surface area contributed by atoms with Gasteiger partial charge in [0.25, 0.3) is 5.91 Å². The van der Waals surface area contributed by atoms with E-state index in [4.69, 9.17) is 4.42 Å². The van der Waals surface area contributed by atoms with Crippen molar-refractivity contribution < 1.29 is 17.6 Å². The van der Waals surface area contributed by atoms with Crippen molar-refractivity contribution in [3.05, 3.63) is 54.0 Å². The molecule has 2 rings (SSSR count). The fourth-order valence-electron chi connectivity index (χ4n) is 2.10. The molecule has 0 spiro atoms. The van der Waals surface area contributed by atoms with Crippen molar-refractivity contribution in [3.8, 4) is 0 Å². The third kappa shape index (κ3) is 4.20. The third-order valence-corrected chi connectivity index (χ3v) is 5.15. The van der Waals surface area contributed by atoms with Crippen LogP contribution in [0.2, 0.25) is 0 Å². The number of rotatable bonds is 6. The Kier molecular flexibility index (Phi) is 5.23. The quantitative estimate of drug-likeness (QED) is 0.873. The largest absolute Gasteiger partial charge is 0.469 e. The molecule has 1 heterocycles. The number of benzene rings is 1. The summed E-state index contributed by atoms with van der Waals surface area (Å²) in [4.78, 5) is 12.4. The molecule has 0 radical (unpaired) electrons. The number of carbonyl (C=O) groups is 1. The van der Waals surface area contributed by atoms with E-state index >= 15 is 0 Å². The van der Waals surface area contributed by atoms with Crippen molar-refractivity contribution >= 4 is 15.9 Å². The van der Waals surface area contributed by atoms with Gasteiger partial charge in [0.05, 0.1) is 11.2 Å². The number of nitrogens with one attached hydrogen (secondary N) is 1. The zero-order valence-electron chi connectivity index (χ0n) is 13.3. The Bertz CT molecular complexity index is 767. The highest BCUT2D eigenvalue weighted by Gasteiger charge is 2.19. The lowest BCUT2D eigenvalue weighted by molar-refractivity contribution is 0.0939. The number of furan rings is 1. The maximum absolute atomic E-state index is 12.3. The fourth-order valence-corrected chi connectivity index (χ4v) is 3.05. The number of amides is 1. The summed E-state index contributed by atoms with van der Waals surface area (Å²) < 4.78 is 30.6. The van der Waals surface area contributed by atoms with Crippen LogP contribution >= 0.6 is 0 Å². The third-order valence-electron chi connectivity index (χ3n) is 3.34. The first kappa shape index (κ1) is 17.2. The molecule has 6 nitrogen and oxygen atoms in total. The lowest BCUT2D eigenvalue weighted by atomic mass is 10.1. The average Bonchev–Trinajstić information content (AvgIpc) is 2.99. The molecular weight excluding hydrogens is 316 g/mol. The highest BCUT2D eigenvalue weighted by atomic mass is 32.2. The van der Waals surface area contributed by atoms with Crippen molar-refractivity contribution in [2.24, 2.45) is 0 Å². The molecule has 1 aromatic carbocycles. The van der Waals surface area contributed by atoms with Crippen LogP contribution in [-0.2, 0) is 16.4 Å². The van der Waals surface area contributed by atoms with E-state index in [-0.39, 0.29) is 16.8 Å². The van der Waals surface area contributed by atoms with E-state index in [2.05, 4.69) is 5.32 Å². The maximum Gasteiger partial charge on any atom is 0.251 e. The SMILES string of the molecule is C[C@H](Cc1ccco1)NC(=O)c1cccc(S(=O)(=O)N(C)C)c1. The Labute approximate surface area is 136 Å². The van der Waals surface area contributed by atoms with Crippen LogP contribution in [0.4, 0.5) is 0 Å². The number of hydrogen-bond acceptors (Lipinski definition) is 4. The summed E-state index contributed by atoms with van der Waals surface area (Å²) in [5.41, 5.74) is 0.305. The van der Waals surface area contributed by atoms with E-state index in [9.17, 15) is 13.2 Å². The van der Waals surface area contributed by atoms with Crippen LogP contribution in [0.15, 0.2) is 52.0 Å². The van der Waals surface area contributed by atoms with Gasteiger partial charge >= 0.3 is 0 Å². The predicted molar refractivity (Wildman–Crippen MR) is 86.7 cm³/mol. The van der Waals surface area contributed by atoms with Crippen LogP contribution in [-0.4, -0.2) is 38.8 Å². The molecule has 2 aromatic rings. The monoisotopic (exact) mass is 336 g/mol. The van der Waals surface area contributed by atoms with Gasteiger partial charge < -0.3 is 9.73 Å². The van der Waals surface area contributed by atoms with Crippen molar-refractivity contribution in [1.29, 1.82) is 0 Å². The molecule has 1 atom stereocenters. The molecule has 1 N–H and O–H groups in total. The van der Waals surface area contributed by atoms with E-state index in [1.807, 2.05) is 13.0 Å². The van der Waals surface area contributed by atoms with E-state index in [0.717, 1.165) is 10.1 Å². The fraction of sp³-hybridized carbons (Fsp3) is 0.312. The van der Waals surface area contributed by atoms with Gasteiger partial charge in [-0.1, -0.05) is 6.07 Å².